The first-order valence-corrected chi connectivity index (χ1v) is 9.18. The second-order valence-corrected chi connectivity index (χ2v) is 6.18. The molecule has 1 aliphatic rings. The highest BCUT2D eigenvalue weighted by atomic mass is 127. The molecular weight excluding hydrogens is 437 g/mol. The van der Waals surface area contributed by atoms with Crippen molar-refractivity contribution in [2.24, 2.45) is 4.99 Å². The highest BCUT2D eigenvalue weighted by Gasteiger charge is 2.22. The van der Waals surface area contributed by atoms with Crippen LogP contribution in [0.4, 0.5) is 5.69 Å². The smallest absolute Gasteiger partial charge is 0.191 e. The predicted octanol–water partition coefficient (Wildman–Crippen LogP) is 3.67. The molecule has 0 aromatic heterocycles. The molecule has 1 aromatic carbocycles. The number of nitrogens with zero attached hydrogens (tertiary/aromatic N) is 3. The first-order valence-electron chi connectivity index (χ1n) is 9.18. The fourth-order valence-electron chi connectivity index (χ4n) is 3.09. The topological polar surface area (TPSA) is 63.5 Å². The van der Waals surface area contributed by atoms with Crippen LogP contribution < -0.4 is 15.5 Å². The molecule has 0 amide bonds. The number of guanidine groups is 1. The van der Waals surface area contributed by atoms with Crippen molar-refractivity contribution in [3.8, 4) is 6.07 Å². The van der Waals surface area contributed by atoms with Gasteiger partial charge < -0.3 is 15.5 Å². The second-order valence-electron chi connectivity index (χ2n) is 6.18. The van der Waals surface area contributed by atoms with Gasteiger partial charge >= 0.3 is 0 Å². The molecule has 6 heteroatoms. The van der Waals surface area contributed by atoms with Crippen LogP contribution in [-0.2, 0) is 0 Å². The summed E-state index contributed by atoms with van der Waals surface area (Å²) >= 11 is 0. The molecule has 0 aliphatic carbocycles. The number of halogens is 1. The van der Waals surface area contributed by atoms with Crippen LogP contribution in [-0.4, -0.2) is 38.2 Å². The number of piperidine rings is 1. The summed E-state index contributed by atoms with van der Waals surface area (Å²) in [7, 11) is 0. The number of hydrogen-bond acceptors (Lipinski definition) is 3. The number of rotatable bonds is 6. The maximum atomic E-state index is 9.34. The lowest BCUT2D eigenvalue weighted by Gasteiger charge is -2.35. The minimum atomic E-state index is 0. The van der Waals surface area contributed by atoms with Crippen molar-refractivity contribution in [1.82, 2.24) is 10.6 Å². The summed E-state index contributed by atoms with van der Waals surface area (Å²) < 4.78 is 0. The molecule has 0 saturated carbocycles. The molecule has 1 aromatic rings. The lowest BCUT2D eigenvalue weighted by molar-refractivity contribution is 0.468. The predicted molar refractivity (Wildman–Crippen MR) is 120 cm³/mol. The Morgan fingerprint density at radius 1 is 1.42 bits per heavy atom. The Kier molecular flexibility index (Phi) is 10.8. The maximum absolute atomic E-state index is 9.34. The summed E-state index contributed by atoms with van der Waals surface area (Å²) in [6, 6.07) is 10.5. The van der Waals surface area contributed by atoms with Crippen LogP contribution in [0.2, 0.25) is 0 Å². The minimum absolute atomic E-state index is 0. The van der Waals surface area contributed by atoms with Gasteiger partial charge in [-0.3, -0.25) is 4.99 Å². The number of anilines is 1. The maximum Gasteiger partial charge on any atom is 0.191 e. The molecule has 1 aliphatic heterocycles. The Balaban J connectivity index is 0.00000338. The van der Waals surface area contributed by atoms with Crippen molar-refractivity contribution in [2.75, 3.05) is 31.1 Å². The van der Waals surface area contributed by atoms with Crippen LogP contribution in [0.5, 0.6) is 0 Å². The number of nitriles is 1. The SMILES string of the molecule is C/C=C/CCN=C(NCC)NC1CCCN(c2ccccc2C#N)C1.I. The normalized spacial score (nSPS) is 17.5. The van der Waals surface area contributed by atoms with Crippen molar-refractivity contribution < 1.29 is 0 Å². The summed E-state index contributed by atoms with van der Waals surface area (Å²) in [5.74, 6) is 0.882. The summed E-state index contributed by atoms with van der Waals surface area (Å²) in [5.41, 5.74) is 1.78. The quantitative estimate of drug-likeness (QED) is 0.220. The third-order valence-corrected chi connectivity index (χ3v) is 4.27. The van der Waals surface area contributed by atoms with Gasteiger partial charge in [-0.1, -0.05) is 24.3 Å². The van der Waals surface area contributed by atoms with Crippen LogP contribution in [0.3, 0.4) is 0 Å². The van der Waals surface area contributed by atoms with Gasteiger partial charge in [-0.25, -0.2) is 0 Å². The van der Waals surface area contributed by atoms with Gasteiger partial charge in [-0.2, -0.15) is 5.26 Å². The monoisotopic (exact) mass is 467 g/mol. The summed E-state index contributed by atoms with van der Waals surface area (Å²) in [5, 5.41) is 16.2. The van der Waals surface area contributed by atoms with E-state index in [1.807, 2.05) is 31.2 Å². The van der Waals surface area contributed by atoms with Crippen LogP contribution in [0, 0.1) is 11.3 Å². The summed E-state index contributed by atoms with van der Waals surface area (Å²) in [6.07, 6.45) is 7.37. The number of nitrogens with one attached hydrogen (secondary N) is 2. The molecule has 26 heavy (non-hydrogen) atoms. The van der Waals surface area contributed by atoms with Crippen LogP contribution >= 0.6 is 24.0 Å². The van der Waals surface area contributed by atoms with E-state index in [-0.39, 0.29) is 24.0 Å². The highest BCUT2D eigenvalue weighted by Crippen LogP contribution is 2.23. The van der Waals surface area contributed by atoms with Gasteiger partial charge in [0.2, 0.25) is 0 Å². The van der Waals surface area contributed by atoms with Gasteiger partial charge in [0.25, 0.3) is 0 Å². The summed E-state index contributed by atoms with van der Waals surface area (Å²) in [6.45, 7) is 7.63. The van der Waals surface area contributed by atoms with Gasteiger partial charge in [0.1, 0.15) is 6.07 Å². The molecule has 1 unspecified atom stereocenters. The molecule has 1 fully saturated rings. The standard InChI is InChI=1S/C20H29N5.HI/c1-3-5-8-13-23-20(22-4-2)24-18-11-9-14-25(16-18)19-12-7-6-10-17(19)15-21;/h3,5-7,10,12,18H,4,8-9,11,13-14,16H2,1-2H3,(H2,22,23,24);1H/b5-3+;. The Morgan fingerprint density at radius 2 is 2.23 bits per heavy atom. The van der Waals surface area contributed by atoms with Crippen LogP contribution in [0.25, 0.3) is 0 Å². The van der Waals surface area contributed by atoms with Crippen molar-refractivity contribution in [1.29, 1.82) is 5.26 Å². The van der Waals surface area contributed by atoms with E-state index in [9.17, 15) is 5.26 Å². The average molecular weight is 467 g/mol. The van der Waals surface area contributed by atoms with E-state index in [2.05, 4.69) is 45.7 Å². The molecule has 1 heterocycles. The number of benzene rings is 1. The lowest BCUT2D eigenvalue weighted by Crippen LogP contribution is -2.51. The number of allylic oxidation sites excluding steroid dienone is 1. The fourth-order valence-corrected chi connectivity index (χ4v) is 3.09. The molecule has 0 spiro atoms. The third-order valence-electron chi connectivity index (χ3n) is 4.27. The Labute approximate surface area is 174 Å². The zero-order chi connectivity index (χ0) is 17.9. The van der Waals surface area contributed by atoms with E-state index >= 15 is 0 Å². The number of para-hydroxylation sites is 1. The van der Waals surface area contributed by atoms with Gasteiger partial charge in [0.15, 0.2) is 5.96 Å². The molecule has 5 nitrogen and oxygen atoms in total. The first kappa shape index (κ1) is 22.3. The van der Waals surface area contributed by atoms with Crippen molar-refractivity contribution in [3.63, 3.8) is 0 Å². The van der Waals surface area contributed by atoms with E-state index in [4.69, 9.17) is 0 Å². The van der Waals surface area contributed by atoms with E-state index in [1.165, 1.54) is 0 Å². The second kappa shape index (κ2) is 12.6. The minimum Gasteiger partial charge on any atom is -0.368 e. The van der Waals surface area contributed by atoms with Crippen LogP contribution in [0.1, 0.15) is 38.7 Å². The van der Waals surface area contributed by atoms with Crippen molar-refractivity contribution in [2.45, 2.75) is 39.2 Å². The molecule has 2 N–H and O–H groups in total. The van der Waals surface area contributed by atoms with E-state index in [0.29, 0.717) is 6.04 Å². The molecule has 1 atom stereocenters. The van der Waals surface area contributed by atoms with Gasteiger partial charge in [-0.15, -0.1) is 24.0 Å². The van der Waals surface area contributed by atoms with Gasteiger partial charge in [0, 0.05) is 32.2 Å². The summed E-state index contributed by atoms with van der Waals surface area (Å²) in [4.78, 5) is 6.96. The van der Waals surface area contributed by atoms with Gasteiger partial charge in [-0.05, 0) is 45.2 Å². The Morgan fingerprint density at radius 3 is 2.96 bits per heavy atom. The molecule has 1 saturated heterocycles. The fraction of sp³-hybridized carbons (Fsp3) is 0.500. The number of hydrogen-bond donors (Lipinski definition) is 2. The first-order chi connectivity index (χ1) is 12.3. The zero-order valence-corrected chi connectivity index (χ0v) is 18.1. The van der Waals surface area contributed by atoms with E-state index < -0.39 is 0 Å². The van der Waals surface area contributed by atoms with Crippen molar-refractivity contribution in [3.05, 3.63) is 42.0 Å². The van der Waals surface area contributed by atoms with Crippen molar-refractivity contribution >= 4 is 35.6 Å². The zero-order valence-electron chi connectivity index (χ0n) is 15.7. The van der Waals surface area contributed by atoms with E-state index in [0.717, 1.165) is 62.7 Å². The lowest BCUT2D eigenvalue weighted by atomic mass is 10.0. The Bertz CT molecular complexity index is 635. The van der Waals surface area contributed by atoms with E-state index in [1.54, 1.807) is 0 Å². The molecular formula is C20H30IN5. The largest absolute Gasteiger partial charge is 0.368 e. The molecule has 142 valence electrons. The molecule has 0 radical (unpaired) electrons. The highest BCUT2D eigenvalue weighted by molar-refractivity contribution is 14.0. The van der Waals surface area contributed by atoms with Gasteiger partial charge in [0.05, 0.1) is 11.3 Å². The third kappa shape index (κ3) is 6.87. The molecule has 2 rings (SSSR count). The Hall–Kier alpha value is -1.75. The molecule has 0 bridgehead atoms. The number of aliphatic imine (C=N–C) groups is 1. The average Bonchev–Trinajstić information content (AvgIpc) is 2.65. The van der Waals surface area contributed by atoms with Crippen LogP contribution in [0.15, 0.2) is 41.4 Å².